The van der Waals surface area contributed by atoms with Gasteiger partial charge in [0.15, 0.2) is 17.3 Å². The molecule has 1 heterocycles. The summed E-state index contributed by atoms with van der Waals surface area (Å²) >= 11 is 0. The van der Waals surface area contributed by atoms with E-state index in [0.29, 0.717) is 31.1 Å². The maximum absolute atomic E-state index is 9.33. The van der Waals surface area contributed by atoms with Gasteiger partial charge in [0.05, 0.1) is 33.5 Å². The maximum Gasteiger partial charge on any atom is 0.188 e. The summed E-state index contributed by atoms with van der Waals surface area (Å²) in [5, 5.41) is 9.33. The fourth-order valence-corrected chi connectivity index (χ4v) is 3.34. The monoisotopic (exact) mass is 315 g/mol. The summed E-state index contributed by atoms with van der Waals surface area (Å²) in [6.45, 7) is 1.23. The molecule has 1 aliphatic carbocycles. The lowest BCUT2D eigenvalue weighted by molar-refractivity contribution is -0.128. The highest BCUT2D eigenvalue weighted by atomic mass is 16.7. The lowest BCUT2D eigenvalue weighted by Gasteiger charge is -2.38. The molecule has 5 heteroatoms. The lowest BCUT2D eigenvalue weighted by Crippen LogP contribution is -2.37. The lowest BCUT2D eigenvalue weighted by atomic mass is 9.70. The molecule has 0 saturated carbocycles. The average Bonchev–Trinajstić information content (AvgIpc) is 3.05. The van der Waals surface area contributed by atoms with Crippen LogP contribution < -0.4 is 9.47 Å². The topological polar surface area (TPSA) is 60.7 Å². The van der Waals surface area contributed by atoms with Crippen molar-refractivity contribution in [2.45, 2.75) is 30.5 Å². The minimum Gasteiger partial charge on any atom is -0.493 e. The smallest absolute Gasteiger partial charge is 0.188 e. The minimum atomic E-state index is -0.602. The van der Waals surface area contributed by atoms with Crippen LogP contribution in [-0.2, 0) is 14.9 Å². The summed E-state index contributed by atoms with van der Waals surface area (Å²) in [5.41, 5.74) is 0.690. The Morgan fingerprint density at radius 1 is 1.09 bits per heavy atom. The molecule has 23 heavy (non-hydrogen) atoms. The van der Waals surface area contributed by atoms with Crippen molar-refractivity contribution in [3.8, 4) is 17.6 Å². The Bertz CT molecular complexity index is 643. The van der Waals surface area contributed by atoms with Crippen LogP contribution in [-0.4, -0.2) is 33.2 Å². The molecule has 0 aromatic heterocycles. The number of benzene rings is 1. The summed E-state index contributed by atoms with van der Waals surface area (Å²) in [4.78, 5) is 0. The minimum absolute atomic E-state index is 0.352. The number of nitrogens with zero attached hydrogens (tertiary/aromatic N) is 1. The van der Waals surface area contributed by atoms with Crippen molar-refractivity contribution in [2.75, 3.05) is 27.4 Å². The summed E-state index contributed by atoms with van der Waals surface area (Å²) in [6, 6.07) is 8.15. The van der Waals surface area contributed by atoms with Crippen LogP contribution in [0.3, 0.4) is 0 Å². The summed E-state index contributed by atoms with van der Waals surface area (Å²) in [5.74, 6) is 0.752. The molecule has 1 aliphatic heterocycles. The van der Waals surface area contributed by atoms with Crippen LogP contribution in [0.2, 0.25) is 0 Å². The van der Waals surface area contributed by atoms with Gasteiger partial charge in [-0.25, -0.2) is 0 Å². The van der Waals surface area contributed by atoms with E-state index in [4.69, 9.17) is 18.9 Å². The first-order valence-corrected chi connectivity index (χ1v) is 7.75. The first-order chi connectivity index (χ1) is 11.2. The molecule has 0 amide bonds. The second-order valence-corrected chi connectivity index (χ2v) is 5.90. The first kappa shape index (κ1) is 15.9. The largest absolute Gasteiger partial charge is 0.493 e. The molecule has 1 aromatic carbocycles. The van der Waals surface area contributed by atoms with Crippen molar-refractivity contribution in [3.05, 3.63) is 35.9 Å². The Labute approximate surface area is 136 Å². The quantitative estimate of drug-likeness (QED) is 0.800. The molecule has 1 saturated heterocycles. The van der Waals surface area contributed by atoms with Gasteiger partial charge in [0, 0.05) is 18.3 Å². The molecule has 1 spiro atoms. The van der Waals surface area contributed by atoms with E-state index in [1.54, 1.807) is 14.2 Å². The van der Waals surface area contributed by atoms with Gasteiger partial charge in [-0.1, -0.05) is 12.1 Å². The second kappa shape index (κ2) is 6.23. The fourth-order valence-electron chi connectivity index (χ4n) is 3.34. The van der Waals surface area contributed by atoms with E-state index in [1.165, 1.54) is 0 Å². The van der Waals surface area contributed by atoms with Gasteiger partial charge in [-0.15, -0.1) is 0 Å². The number of rotatable bonds is 4. The Morgan fingerprint density at radius 3 is 2.39 bits per heavy atom. The molecular weight excluding hydrogens is 294 g/mol. The molecule has 1 fully saturated rings. The third-order valence-electron chi connectivity index (χ3n) is 4.70. The van der Waals surface area contributed by atoms with Crippen LogP contribution >= 0.6 is 0 Å². The van der Waals surface area contributed by atoms with Crippen LogP contribution in [0.4, 0.5) is 0 Å². The van der Waals surface area contributed by atoms with E-state index in [1.807, 2.05) is 24.3 Å². The molecule has 2 aliphatic rings. The maximum atomic E-state index is 9.33. The Hall–Kier alpha value is -2.03. The highest BCUT2D eigenvalue weighted by Crippen LogP contribution is 2.45. The molecule has 1 aromatic rings. The van der Waals surface area contributed by atoms with Crippen LogP contribution in [0.1, 0.15) is 24.8 Å². The van der Waals surface area contributed by atoms with Crippen LogP contribution in [0.25, 0.3) is 0 Å². The van der Waals surface area contributed by atoms with Gasteiger partial charge in [0.1, 0.15) is 0 Å². The third-order valence-corrected chi connectivity index (χ3v) is 4.70. The number of nitriles is 1. The fraction of sp³-hybridized carbons (Fsp3) is 0.500. The molecule has 1 atom stereocenters. The summed E-state index contributed by atoms with van der Waals surface area (Å²) in [6.07, 6.45) is 5.95. The van der Waals surface area contributed by atoms with Crippen molar-refractivity contribution >= 4 is 0 Å². The summed E-state index contributed by atoms with van der Waals surface area (Å²) in [7, 11) is 3.23. The van der Waals surface area contributed by atoms with E-state index in [-0.39, 0.29) is 5.41 Å². The van der Waals surface area contributed by atoms with Gasteiger partial charge in [-0.2, -0.15) is 5.26 Å². The van der Waals surface area contributed by atoms with Crippen LogP contribution in [0.15, 0.2) is 30.4 Å². The predicted octanol–water partition coefficient (Wildman–Crippen LogP) is 2.95. The number of hydrogen-bond donors (Lipinski definition) is 0. The number of allylic oxidation sites excluding steroid dienone is 1. The van der Waals surface area contributed by atoms with Gasteiger partial charge < -0.3 is 18.9 Å². The van der Waals surface area contributed by atoms with Crippen molar-refractivity contribution in [2.24, 2.45) is 0 Å². The van der Waals surface area contributed by atoms with Gasteiger partial charge in [-0.05, 0) is 30.2 Å². The molecule has 3 rings (SSSR count). The number of methoxy groups -OCH3 is 2. The van der Waals surface area contributed by atoms with E-state index in [0.717, 1.165) is 18.4 Å². The predicted molar refractivity (Wildman–Crippen MR) is 84.5 cm³/mol. The van der Waals surface area contributed by atoms with E-state index in [2.05, 4.69) is 12.1 Å². The zero-order valence-corrected chi connectivity index (χ0v) is 13.5. The molecule has 122 valence electrons. The Balaban J connectivity index is 1.98. The van der Waals surface area contributed by atoms with Gasteiger partial charge in [-0.3, -0.25) is 0 Å². The highest BCUT2D eigenvalue weighted by molar-refractivity contribution is 5.47. The highest BCUT2D eigenvalue weighted by Gasteiger charge is 2.43. The average molecular weight is 315 g/mol. The van der Waals surface area contributed by atoms with Gasteiger partial charge >= 0.3 is 0 Å². The zero-order chi connectivity index (χ0) is 16.3. The van der Waals surface area contributed by atoms with Crippen LogP contribution in [0.5, 0.6) is 11.5 Å². The number of hydrogen-bond acceptors (Lipinski definition) is 5. The second-order valence-electron chi connectivity index (χ2n) is 5.90. The van der Waals surface area contributed by atoms with Crippen molar-refractivity contribution in [3.63, 3.8) is 0 Å². The van der Waals surface area contributed by atoms with E-state index >= 15 is 0 Å². The number of ether oxygens (including phenoxy) is 4. The standard InChI is InChI=1S/C18H21NO4/c1-20-15-4-3-14(13-16(15)21-2)17(9-10-19)5-7-18(8-6-17)22-11-12-23-18/h3-5,7,13H,6,8-9,11-12H2,1-2H3. The SMILES string of the molecule is COc1ccc(C2(CC#N)C=CC3(CC2)OCCO3)cc1OC. The van der Waals surface area contributed by atoms with Gasteiger partial charge in [0.25, 0.3) is 0 Å². The molecule has 5 nitrogen and oxygen atoms in total. The van der Waals surface area contributed by atoms with E-state index in [9.17, 15) is 5.26 Å². The van der Waals surface area contributed by atoms with Crippen molar-refractivity contribution in [1.29, 1.82) is 5.26 Å². The third kappa shape index (κ3) is 2.80. The molecule has 0 radical (unpaired) electrons. The molecule has 0 N–H and O–H groups in total. The van der Waals surface area contributed by atoms with E-state index < -0.39 is 5.79 Å². The van der Waals surface area contributed by atoms with Crippen LogP contribution in [0, 0.1) is 11.3 Å². The Kier molecular flexibility index (Phi) is 4.29. The van der Waals surface area contributed by atoms with Crippen molar-refractivity contribution < 1.29 is 18.9 Å². The first-order valence-electron chi connectivity index (χ1n) is 7.75. The molecule has 1 unspecified atom stereocenters. The Morgan fingerprint density at radius 2 is 1.83 bits per heavy atom. The molecular formula is C18H21NO4. The van der Waals surface area contributed by atoms with Gasteiger partial charge in [0.2, 0.25) is 0 Å². The molecule has 0 bridgehead atoms. The van der Waals surface area contributed by atoms with Crippen molar-refractivity contribution in [1.82, 2.24) is 0 Å². The summed E-state index contributed by atoms with van der Waals surface area (Å²) < 4.78 is 22.2. The zero-order valence-electron chi connectivity index (χ0n) is 13.5. The normalized spacial score (nSPS) is 25.3.